The minimum atomic E-state index is -1.83. The second-order valence-electron chi connectivity index (χ2n) is 12.2. The second kappa shape index (κ2) is 4.89. The van der Waals surface area contributed by atoms with Crippen molar-refractivity contribution in [2.45, 2.75) is 96.6 Å². The molecule has 1 aliphatic carbocycles. The van der Waals surface area contributed by atoms with E-state index in [1.165, 1.54) is 6.08 Å². The van der Waals surface area contributed by atoms with Crippen LogP contribution in [-0.4, -0.2) is 45.4 Å². The van der Waals surface area contributed by atoms with Crippen LogP contribution in [0.15, 0.2) is 23.3 Å². The Morgan fingerprint density at radius 2 is 1.62 bits per heavy atom. The van der Waals surface area contributed by atoms with Gasteiger partial charge < -0.3 is 24.1 Å². The number of allylic oxidation sites excluding steroid dienone is 1. The van der Waals surface area contributed by atoms with Crippen LogP contribution in [0, 0.1) is 22.2 Å². The molecule has 0 saturated carbocycles. The molecule has 174 valence electrons. The van der Waals surface area contributed by atoms with Gasteiger partial charge in [-0.2, -0.15) is 0 Å². The highest BCUT2D eigenvalue weighted by atomic mass is 16.8. The normalized spacial score (nSPS) is 56.3. The van der Waals surface area contributed by atoms with E-state index in [0.29, 0.717) is 6.42 Å². The molecule has 6 rings (SSSR count). The lowest BCUT2D eigenvalue weighted by Crippen LogP contribution is -2.80. The Balaban J connectivity index is 1.80. The van der Waals surface area contributed by atoms with Crippen molar-refractivity contribution in [3.8, 4) is 0 Å². The molecule has 1 spiro atoms. The SMILES string of the molecule is CC(C)C12OC3(C)OC1(O)C1(C)CC34C3=CC(=O)OC(C)(C)C3=CCC4(C)[C@]2(C)C(=O)O1. The summed E-state index contributed by atoms with van der Waals surface area (Å²) in [5.41, 5.74) is -4.74. The summed E-state index contributed by atoms with van der Waals surface area (Å²) in [5, 5.41) is 12.3. The van der Waals surface area contributed by atoms with Gasteiger partial charge in [-0.25, -0.2) is 4.79 Å². The Morgan fingerprint density at radius 3 is 2.25 bits per heavy atom. The number of carbonyl (C=O) groups excluding carboxylic acids is 2. The highest BCUT2D eigenvalue weighted by Gasteiger charge is 2.99. The van der Waals surface area contributed by atoms with E-state index >= 15 is 0 Å². The van der Waals surface area contributed by atoms with Crippen molar-refractivity contribution in [1.29, 1.82) is 0 Å². The highest BCUT2D eigenvalue weighted by Crippen LogP contribution is 2.87. The minimum Gasteiger partial charge on any atom is -0.453 e. The van der Waals surface area contributed by atoms with Crippen molar-refractivity contribution in [3.63, 3.8) is 0 Å². The average Bonchev–Trinajstić information content (AvgIpc) is 2.84. The van der Waals surface area contributed by atoms with E-state index in [0.717, 1.165) is 11.1 Å². The number of aliphatic hydroxyl groups is 1. The molecule has 6 aliphatic rings. The molecule has 7 heteroatoms. The topological polar surface area (TPSA) is 91.3 Å². The summed E-state index contributed by atoms with van der Waals surface area (Å²) in [5.74, 6) is -4.16. The Hall–Kier alpha value is -1.70. The zero-order valence-corrected chi connectivity index (χ0v) is 20.0. The monoisotopic (exact) mass is 444 g/mol. The molecule has 0 amide bonds. The van der Waals surface area contributed by atoms with Gasteiger partial charge in [0.1, 0.15) is 16.6 Å². The maximum Gasteiger partial charge on any atom is 0.331 e. The fraction of sp³-hybridized carbons (Fsp3) is 0.760. The molecule has 4 fully saturated rings. The summed E-state index contributed by atoms with van der Waals surface area (Å²) < 4.78 is 25.3. The number of ether oxygens (including phenoxy) is 4. The third-order valence-electron chi connectivity index (χ3n) is 10.4. The second-order valence-corrected chi connectivity index (χ2v) is 12.2. The Morgan fingerprint density at radius 1 is 0.969 bits per heavy atom. The molecule has 7 atom stereocenters. The number of carbonyl (C=O) groups is 2. The minimum absolute atomic E-state index is 0.244. The van der Waals surface area contributed by atoms with Gasteiger partial charge in [-0.3, -0.25) is 4.79 Å². The lowest BCUT2D eigenvalue weighted by Gasteiger charge is -2.69. The predicted octanol–water partition coefficient (Wildman–Crippen LogP) is 3.16. The smallest absolute Gasteiger partial charge is 0.331 e. The molecule has 0 aromatic carbocycles. The van der Waals surface area contributed by atoms with E-state index < -0.39 is 50.6 Å². The number of hydrogen-bond acceptors (Lipinski definition) is 7. The first-order valence-electron chi connectivity index (χ1n) is 11.5. The summed E-state index contributed by atoms with van der Waals surface area (Å²) >= 11 is 0. The first-order valence-corrected chi connectivity index (χ1v) is 11.5. The van der Waals surface area contributed by atoms with Gasteiger partial charge in [0.25, 0.3) is 0 Å². The number of cyclic esters (lactones) is 1. The molecule has 3 bridgehead atoms. The molecule has 6 unspecified atom stereocenters. The molecular weight excluding hydrogens is 412 g/mol. The third-order valence-corrected chi connectivity index (χ3v) is 10.4. The average molecular weight is 445 g/mol. The third kappa shape index (κ3) is 1.51. The number of hydrogen-bond donors (Lipinski definition) is 1. The molecule has 0 aromatic heterocycles. The zero-order chi connectivity index (χ0) is 23.5. The molecule has 4 saturated heterocycles. The van der Waals surface area contributed by atoms with Crippen LogP contribution < -0.4 is 0 Å². The van der Waals surface area contributed by atoms with Crippen molar-refractivity contribution in [3.05, 3.63) is 23.3 Å². The van der Waals surface area contributed by atoms with Gasteiger partial charge in [-0.1, -0.05) is 26.8 Å². The van der Waals surface area contributed by atoms with Crippen LogP contribution in [0.25, 0.3) is 0 Å². The van der Waals surface area contributed by atoms with Gasteiger partial charge >= 0.3 is 11.9 Å². The maximum absolute atomic E-state index is 13.9. The van der Waals surface area contributed by atoms with E-state index in [9.17, 15) is 14.7 Å². The van der Waals surface area contributed by atoms with Crippen LogP contribution in [0.3, 0.4) is 0 Å². The number of esters is 2. The summed E-state index contributed by atoms with van der Waals surface area (Å²) in [4.78, 5) is 26.7. The van der Waals surface area contributed by atoms with Crippen molar-refractivity contribution < 1.29 is 33.6 Å². The van der Waals surface area contributed by atoms with Gasteiger partial charge in [-0.05, 0) is 58.1 Å². The number of rotatable bonds is 1. The fourth-order valence-corrected chi connectivity index (χ4v) is 8.95. The van der Waals surface area contributed by atoms with Crippen LogP contribution in [0.1, 0.15) is 68.2 Å². The zero-order valence-electron chi connectivity index (χ0n) is 20.0. The molecule has 5 heterocycles. The quantitative estimate of drug-likeness (QED) is 0.621. The van der Waals surface area contributed by atoms with E-state index in [2.05, 4.69) is 13.0 Å². The summed E-state index contributed by atoms with van der Waals surface area (Å²) in [6, 6.07) is 0. The van der Waals surface area contributed by atoms with E-state index in [1.54, 1.807) is 6.92 Å². The van der Waals surface area contributed by atoms with Gasteiger partial charge in [0.05, 0.1) is 5.41 Å². The summed E-state index contributed by atoms with van der Waals surface area (Å²) in [6.07, 6.45) is 4.45. The Labute approximate surface area is 188 Å². The van der Waals surface area contributed by atoms with Crippen LogP contribution in [0.2, 0.25) is 0 Å². The van der Waals surface area contributed by atoms with Gasteiger partial charge in [0, 0.05) is 17.9 Å². The molecule has 1 N–H and O–H groups in total. The largest absolute Gasteiger partial charge is 0.453 e. The molecule has 0 aromatic rings. The first kappa shape index (κ1) is 20.9. The maximum atomic E-state index is 13.9. The summed E-state index contributed by atoms with van der Waals surface area (Å²) in [6.45, 7) is 15.2. The van der Waals surface area contributed by atoms with Gasteiger partial charge in [0.15, 0.2) is 11.4 Å². The van der Waals surface area contributed by atoms with Gasteiger partial charge in [0.2, 0.25) is 5.79 Å². The standard InChI is InChI=1S/C25H32O7/c1-13(2)24-21(7)17(27)30-20(6)12-23(22(8,31-24)32-25(20,24)28)15-11-16(26)29-18(3,4)14(15)9-10-19(21,23)5/h9,11,13,28H,10,12H2,1-8H3/t19?,20?,21-,22?,23?,24?,25?/m0/s1. The van der Waals surface area contributed by atoms with Crippen LogP contribution >= 0.6 is 0 Å². The van der Waals surface area contributed by atoms with E-state index in [4.69, 9.17) is 18.9 Å². The fourth-order valence-electron chi connectivity index (χ4n) is 8.95. The van der Waals surface area contributed by atoms with E-state index in [-0.39, 0.29) is 18.3 Å². The molecule has 5 aliphatic heterocycles. The summed E-state index contributed by atoms with van der Waals surface area (Å²) in [7, 11) is 0. The van der Waals surface area contributed by atoms with Crippen molar-refractivity contribution in [2.75, 3.05) is 0 Å². The van der Waals surface area contributed by atoms with E-state index in [1.807, 2.05) is 41.5 Å². The first-order chi connectivity index (χ1) is 14.5. The van der Waals surface area contributed by atoms with Crippen molar-refractivity contribution in [1.82, 2.24) is 0 Å². The highest BCUT2D eigenvalue weighted by molar-refractivity contribution is 5.89. The lowest BCUT2D eigenvalue weighted by atomic mass is 9.38. The van der Waals surface area contributed by atoms with Gasteiger partial charge in [-0.15, -0.1) is 0 Å². The number of fused-ring (bicyclic) bond motifs is 2. The Bertz CT molecular complexity index is 1090. The van der Waals surface area contributed by atoms with Crippen LogP contribution in [0.5, 0.6) is 0 Å². The molecule has 7 nitrogen and oxygen atoms in total. The van der Waals surface area contributed by atoms with Crippen LogP contribution in [-0.2, 0) is 28.5 Å². The molecule has 0 radical (unpaired) electrons. The van der Waals surface area contributed by atoms with Crippen molar-refractivity contribution in [2.24, 2.45) is 22.2 Å². The van der Waals surface area contributed by atoms with Crippen molar-refractivity contribution >= 4 is 11.9 Å². The predicted molar refractivity (Wildman–Crippen MR) is 112 cm³/mol. The molecular formula is C25H32O7. The molecule has 32 heavy (non-hydrogen) atoms. The lowest BCUT2D eigenvalue weighted by molar-refractivity contribution is -0.375. The van der Waals surface area contributed by atoms with Crippen LogP contribution in [0.4, 0.5) is 0 Å². The Kier molecular flexibility index (Phi) is 3.19.